The molecule has 9 heteroatoms. The van der Waals surface area contributed by atoms with Gasteiger partial charge in [0, 0.05) is 27.1 Å². The van der Waals surface area contributed by atoms with Crippen molar-refractivity contribution in [2.75, 3.05) is 6.54 Å². The summed E-state index contributed by atoms with van der Waals surface area (Å²) in [6, 6.07) is 10.9. The van der Waals surface area contributed by atoms with E-state index in [2.05, 4.69) is 15.3 Å². The molecule has 0 spiro atoms. The molecular weight excluding hydrogens is 378 g/mol. The Morgan fingerprint density at radius 3 is 2.64 bits per heavy atom. The summed E-state index contributed by atoms with van der Waals surface area (Å²) in [5.41, 5.74) is 0.367. The lowest BCUT2D eigenvalue weighted by Crippen LogP contribution is -2.37. The van der Waals surface area contributed by atoms with Crippen molar-refractivity contribution in [1.29, 1.82) is 0 Å². The van der Waals surface area contributed by atoms with Crippen LogP contribution in [0.1, 0.15) is 15.5 Å². The number of rotatable bonds is 4. The second-order valence-corrected chi connectivity index (χ2v) is 7.47. The van der Waals surface area contributed by atoms with Gasteiger partial charge >= 0.3 is 5.69 Å². The third kappa shape index (κ3) is 3.09. The number of nitrogens with zero attached hydrogens (tertiary/aromatic N) is 4. The number of aromatic nitrogens is 4. The van der Waals surface area contributed by atoms with Gasteiger partial charge in [0.25, 0.3) is 11.5 Å². The number of benzene rings is 1. The Hall–Kier alpha value is -3.33. The van der Waals surface area contributed by atoms with Crippen molar-refractivity contribution in [3.8, 4) is 0 Å². The molecule has 1 N–H and O–H groups in total. The van der Waals surface area contributed by atoms with Crippen LogP contribution < -0.4 is 16.6 Å². The molecule has 3 aromatic heterocycles. The number of fused-ring (bicyclic) bond motifs is 2. The summed E-state index contributed by atoms with van der Waals surface area (Å²) in [4.78, 5) is 45.5. The van der Waals surface area contributed by atoms with Gasteiger partial charge in [0.2, 0.25) is 0 Å². The van der Waals surface area contributed by atoms with Crippen molar-refractivity contribution in [3.63, 3.8) is 0 Å². The summed E-state index contributed by atoms with van der Waals surface area (Å²) in [6.07, 6.45) is 0.609. The summed E-state index contributed by atoms with van der Waals surface area (Å²) in [5, 5.41) is 4.04. The van der Waals surface area contributed by atoms with Crippen LogP contribution in [0.4, 0.5) is 0 Å². The number of nitrogens with one attached hydrogen (secondary N) is 1. The molecule has 28 heavy (non-hydrogen) atoms. The fraction of sp³-hybridized carbons (Fsp3) is 0.211. The van der Waals surface area contributed by atoms with Crippen molar-refractivity contribution in [3.05, 3.63) is 67.9 Å². The van der Waals surface area contributed by atoms with Crippen LogP contribution in [-0.4, -0.2) is 31.6 Å². The highest BCUT2D eigenvalue weighted by molar-refractivity contribution is 7.18. The maximum absolute atomic E-state index is 12.4. The van der Waals surface area contributed by atoms with Crippen molar-refractivity contribution in [1.82, 2.24) is 24.4 Å². The average molecular weight is 395 g/mol. The van der Waals surface area contributed by atoms with Crippen LogP contribution in [0, 0.1) is 0 Å². The maximum atomic E-state index is 12.4. The Labute approximate surface area is 163 Å². The van der Waals surface area contributed by atoms with Gasteiger partial charge in [-0.15, -0.1) is 11.3 Å². The number of pyridine rings is 1. The minimum absolute atomic E-state index is 0.153. The number of hydrogen-bond acceptors (Lipinski definition) is 6. The molecule has 142 valence electrons. The van der Waals surface area contributed by atoms with Crippen LogP contribution in [0.25, 0.3) is 21.3 Å². The number of carbonyl (C=O) groups excluding carboxylic acids is 1. The molecule has 0 fully saturated rings. The zero-order valence-corrected chi connectivity index (χ0v) is 16.1. The smallest absolute Gasteiger partial charge is 0.332 e. The van der Waals surface area contributed by atoms with E-state index in [1.807, 2.05) is 24.3 Å². The van der Waals surface area contributed by atoms with E-state index in [1.165, 1.54) is 30.8 Å². The highest BCUT2D eigenvalue weighted by Crippen LogP contribution is 2.21. The van der Waals surface area contributed by atoms with Gasteiger partial charge in [0.05, 0.1) is 20.6 Å². The highest BCUT2D eigenvalue weighted by Gasteiger charge is 2.14. The predicted octanol–water partition coefficient (Wildman–Crippen LogP) is 1.21. The van der Waals surface area contributed by atoms with Gasteiger partial charge in [-0.05, 0) is 24.3 Å². The Kier molecular flexibility index (Phi) is 4.52. The predicted molar refractivity (Wildman–Crippen MR) is 108 cm³/mol. The fourth-order valence-corrected chi connectivity index (χ4v) is 3.95. The topological polar surface area (TPSA) is 98.9 Å². The third-order valence-electron chi connectivity index (χ3n) is 4.50. The van der Waals surface area contributed by atoms with E-state index in [-0.39, 0.29) is 22.6 Å². The van der Waals surface area contributed by atoms with Crippen molar-refractivity contribution >= 4 is 38.5 Å². The second kappa shape index (κ2) is 7.01. The summed E-state index contributed by atoms with van der Waals surface area (Å²) >= 11 is 1.60. The molecule has 0 saturated heterocycles. The first kappa shape index (κ1) is 18.1. The van der Waals surface area contributed by atoms with Gasteiger partial charge in [-0.25, -0.2) is 14.8 Å². The van der Waals surface area contributed by atoms with Gasteiger partial charge in [-0.3, -0.25) is 18.7 Å². The minimum Gasteiger partial charge on any atom is -0.350 e. The van der Waals surface area contributed by atoms with Crippen LogP contribution in [-0.2, 0) is 20.5 Å². The van der Waals surface area contributed by atoms with Crippen molar-refractivity contribution in [2.24, 2.45) is 14.1 Å². The SMILES string of the molecule is Cn1c(=O)c2ccc(C(=O)NCCc3nc4ccccc4s3)nc2n(C)c1=O. The van der Waals surface area contributed by atoms with Crippen LogP contribution in [0.3, 0.4) is 0 Å². The summed E-state index contributed by atoms with van der Waals surface area (Å²) in [5.74, 6) is -0.365. The lowest BCUT2D eigenvalue weighted by atomic mass is 10.2. The molecule has 0 saturated carbocycles. The standard InChI is InChI=1S/C19H17N5O3S/c1-23-16-11(18(26)24(2)19(23)27)7-8-13(22-16)17(25)20-10-9-15-21-12-5-3-4-6-14(12)28-15/h3-8H,9-10H2,1-2H3,(H,20,25). The van der Waals surface area contributed by atoms with Crippen LogP contribution >= 0.6 is 11.3 Å². The van der Waals surface area contributed by atoms with E-state index in [4.69, 9.17) is 0 Å². The first-order valence-electron chi connectivity index (χ1n) is 8.65. The zero-order chi connectivity index (χ0) is 19.8. The van der Waals surface area contributed by atoms with Crippen LogP contribution in [0.2, 0.25) is 0 Å². The molecule has 0 aliphatic carbocycles. The van der Waals surface area contributed by atoms with Crippen molar-refractivity contribution in [2.45, 2.75) is 6.42 Å². The molecule has 8 nitrogen and oxygen atoms in total. The largest absolute Gasteiger partial charge is 0.350 e. The van der Waals surface area contributed by atoms with Gasteiger partial charge < -0.3 is 5.32 Å². The number of thiazole rings is 1. The van der Waals surface area contributed by atoms with Gasteiger partial charge in [-0.2, -0.15) is 0 Å². The molecule has 0 bridgehead atoms. The second-order valence-electron chi connectivity index (χ2n) is 6.35. The fourth-order valence-electron chi connectivity index (χ4n) is 2.98. The first-order chi connectivity index (χ1) is 13.5. The molecule has 1 amide bonds. The van der Waals surface area contributed by atoms with Gasteiger partial charge in [0.15, 0.2) is 0 Å². The molecule has 4 rings (SSSR count). The Bertz CT molecular complexity index is 1300. The normalized spacial score (nSPS) is 11.2. The average Bonchev–Trinajstić information content (AvgIpc) is 3.13. The molecule has 4 aromatic rings. The van der Waals surface area contributed by atoms with E-state index in [0.29, 0.717) is 13.0 Å². The Morgan fingerprint density at radius 1 is 1.07 bits per heavy atom. The number of carbonyl (C=O) groups is 1. The number of hydrogen-bond donors (Lipinski definition) is 1. The third-order valence-corrected chi connectivity index (χ3v) is 5.59. The van der Waals surface area contributed by atoms with Crippen LogP contribution in [0.5, 0.6) is 0 Å². The first-order valence-corrected chi connectivity index (χ1v) is 9.47. The van der Waals surface area contributed by atoms with Gasteiger partial charge in [0.1, 0.15) is 11.3 Å². The lowest BCUT2D eigenvalue weighted by molar-refractivity contribution is 0.0949. The number of para-hydroxylation sites is 1. The quantitative estimate of drug-likeness (QED) is 0.560. The summed E-state index contributed by atoms with van der Waals surface area (Å²) < 4.78 is 3.39. The van der Waals surface area contributed by atoms with E-state index in [0.717, 1.165) is 19.8 Å². The molecule has 0 radical (unpaired) electrons. The molecule has 1 aromatic carbocycles. The molecule has 0 unspecified atom stereocenters. The van der Waals surface area contributed by atoms with Gasteiger partial charge in [-0.1, -0.05) is 12.1 Å². The minimum atomic E-state index is -0.488. The summed E-state index contributed by atoms with van der Waals surface area (Å²) in [6.45, 7) is 0.411. The molecular formula is C19H17N5O3S. The number of amides is 1. The van der Waals surface area contributed by atoms with E-state index < -0.39 is 11.2 Å². The Morgan fingerprint density at radius 2 is 1.86 bits per heavy atom. The summed E-state index contributed by atoms with van der Waals surface area (Å²) in [7, 11) is 2.93. The lowest BCUT2D eigenvalue weighted by Gasteiger charge is -2.08. The highest BCUT2D eigenvalue weighted by atomic mass is 32.1. The van der Waals surface area contributed by atoms with Crippen molar-refractivity contribution < 1.29 is 4.79 Å². The monoisotopic (exact) mass is 395 g/mol. The van der Waals surface area contributed by atoms with E-state index >= 15 is 0 Å². The molecule has 3 heterocycles. The maximum Gasteiger partial charge on any atom is 0.332 e. The Balaban J connectivity index is 1.52. The van der Waals surface area contributed by atoms with Crippen LogP contribution in [0.15, 0.2) is 46.0 Å². The van der Waals surface area contributed by atoms with E-state index in [1.54, 1.807) is 11.3 Å². The number of aryl methyl sites for hydroxylation is 1. The molecule has 0 atom stereocenters. The van der Waals surface area contributed by atoms with E-state index in [9.17, 15) is 14.4 Å². The molecule has 0 aliphatic rings. The molecule has 0 aliphatic heterocycles. The zero-order valence-electron chi connectivity index (χ0n) is 15.3.